The van der Waals surface area contributed by atoms with Crippen molar-refractivity contribution in [1.82, 2.24) is 4.57 Å². The number of nitro benzene ring substituents is 1. The number of aromatic nitrogens is 1. The second-order valence-corrected chi connectivity index (χ2v) is 4.92. The van der Waals surface area contributed by atoms with E-state index >= 15 is 0 Å². The van der Waals surface area contributed by atoms with E-state index in [0.29, 0.717) is 12.2 Å². The molecule has 0 aliphatic heterocycles. The minimum Gasteiger partial charge on any atom is -0.380 e. The van der Waals surface area contributed by atoms with Crippen molar-refractivity contribution in [2.45, 2.75) is 20.4 Å². The summed E-state index contributed by atoms with van der Waals surface area (Å²) in [6.45, 7) is 4.35. The van der Waals surface area contributed by atoms with Crippen LogP contribution in [-0.4, -0.2) is 9.49 Å². The van der Waals surface area contributed by atoms with Gasteiger partial charge in [-0.2, -0.15) is 5.26 Å². The van der Waals surface area contributed by atoms with Crippen LogP contribution in [-0.2, 0) is 13.6 Å². The lowest BCUT2D eigenvalue weighted by Gasteiger charge is -2.09. The number of hydrogen-bond donors (Lipinski definition) is 1. The quantitative estimate of drug-likeness (QED) is 0.691. The molecule has 0 spiro atoms. The minimum absolute atomic E-state index is 0.0607. The van der Waals surface area contributed by atoms with Gasteiger partial charge in [-0.25, -0.2) is 0 Å². The molecule has 0 aliphatic rings. The number of non-ortho nitro benzene ring substituents is 1. The molecule has 0 amide bonds. The smallest absolute Gasteiger partial charge is 0.271 e. The minimum atomic E-state index is -0.411. The van der Waals surface area contributed by atoms with Gasteiger partial charge in [-0.1, -0.05) is 6.07 Å². The highest BCUT2D eigenvalue weighted by atomic mass is 16.6. The van der Waals surface area contributed by atoms with Crippen LogP contribution in [0.2, 0.25) is 0 Å². The molecular formula is C15H16N4O2. The molecule has 2 aromatic rings. The van der Waals surface area contributed by atoms with Crippen LogP contribution in [0.1, 0.15) is 22.5 Å². The molecular weight excluding hydrogens is 268 g/mol. The summed E-state index contributed by atoms with van der Waals surface area (Å²) in [5.41, 5.74) is 4.33. The Balaban J connectivity index is 2.23. The molecule has 1 heterocycles. The summed E-state index contributed by atoms with van der Waals surface area (Å²) >= 11 is 0. The summed E-state index contributed by atoms with van der Waals surface area (Å²) in [6.07, 6.45) is 0. The number of nitro groups is 1. The van der Waals surface area contributed by atoms with Crippen molar-refractivity contribution < 1.29 is 4.92 Å². The molecule has 1 aromatic heterocycles. The number of nitrogens with zero attached hydrogens (tertiary/aromatic N) is 3. The lowest BCUT2D eigenvalue weighted by atomic mass is 10.1. The van der Waals surface area contributed by atoms with Crippen LogP contribution >= 0.6 is 0 Å². The van der Waals surface area contributed by atoms with E-state index < -0.39 is 4.92 Å². The molecule has 0 saturated heterocycles. The number of nitriles is 1. The average molecular weight is 284 g/mol. The van der Waals surface area contributed by atoms with E-state index in [1.54, 1.807) is 6.07 Å². The van der Waals surface area contributed by atoms with Crippen molar-refractivity contribution in [3.63, 3.8) is 0 Å². The van der Waals surface area contributed by atoms with Crippen molar-refractivity contribution in [3.05, 3.63) is 56.9 Å². The number of benzene rings is 1. The van der Waals surface area contributed by atoms with Gasteiger partial charge in [0.2, 0.25) is 0 Å². The van der Waals surface area contributed by atoms with E-state index in [0.717, 1.165) is 22.5 Å². The first-order valence-electron chi connectivity index (χ1n) is 6.48. The third kappa shape index (κ3) is 2.87. The maximum Gasteiger partial charge on any atom is 0.271 e. The Hall–Kier alpha value is -2.81. The zero-order chi connectivity index (χ0) is 15.6. The van der Waals surface area contributed by atoms with Crippen molar-refractivity contribution in [2.24, 2.45) is 7.05 Å². The van der Waals surface area contributed by atoms with Gasteiger partial charge in [0.1, 0.15) is 11.8 Å². The first-order chi connectivity index (χ1) is 9.93. The van der Waals surface area contributed by atoms with E-state index in [9.17, 15) is 10.1 Å². The predicted molar refractivity (Wildman–Crippen MR) is 80.0 cm³/mol. The topological polar surface area (TPSA) is 83.9 Å². The molecule has 0 saturated carbocycles. The second-order valence-electron chi connectivity index (χ2n) is 4.92. The summed E-state index contributed by atoms with van der Waals surface area (Å²) in [5.74, 6) is 0. The Labute approximate surface area is 122 Å². The Morgan fingerprint density at radius 3 is 2.67 bits per heavy atom. The summed E-state index contributed by atoms with van der Waals surface area (Å²) in [4.78, 5) is 10.4. The van der Waals surface area contributed by atoms with Gasteiger partial charge in [0.25, 0.3) is 5.69 Å². The first kappa shape index (κ1) is 14.6. The van der Waals surface area contributed by atoms with Crippen molar-refractivity contribution in [1.29, 1.82) is 5.26 Å². The van der Waals surface area contributed by atoms with Crippen LogP contribution in [0.3, 0.4) is 0 Å². The number of rotatable bonds is 4. The van der Waals surface area contributed by atoms with E-state index in [1.807, 2.05) is 31.5 Å². The lowest BCUT2D eigenvalue weighted by Crippen LogP contribution is -2.03. The van der Waals surface area contributed by atoms with E-state index in [1.165, 1.54) is 12.1 Å². The highest BCUT2D eigenvalue weighted by Crippen LogP contribution is 2.23. The highest BCUT2D eigenvalue weighted by Gasteiger charge is 2.11. The molecule has 1 aromatic carbocycles. The lowest BCUT2D eigenvalue weighted by molar-refractivity contribution is -0.384. The fraction of sp³-hybridized carbons (Fsp3) is 0.267. The Morgan fingerprint density at radius 2 is 2.10 bits per heavy atom. The molecule has 0 aliphatic carbocycles. The summed E-state index contributed by atoms with van der Waals surface area (Å²) < 4.78 is 1.83. The Kier molecular flexibility index (Phi) is 3.94. The molecule has 6 nitrogen and oxygen atoms in total. The number of nitrogens with one attached hydrogen (secondary N) is 1. The van der Waals surface area contributed by atoms with Crippen LogP contribution in [0.5, 0.6) is 0 Å². The maximum absolute atomic E-state index is 10.8. The molecule has 108 valence electrons. The summed E-state index contributed by atoms with van der Waals surface area (Å²) in [7, 11) is 1.84. The van der Waals surface area contributed by atoms with Crippen LogP contribution < -0.4 is 5.32 Å². The van der Waals surface area contributed by atoms with Gasteiger partial charge in [-0.05, 0) is 31.0 Å². The SMILES string of the molecule is Cc1ccc([N+](=O)[O-])cc1NCc1cc(C#N)n(C)c1C. The van der Waals surface area contributed by atoms with Gasteiger partial charge in [-0.15, -0.1) is 0 Å². The summed E-state index contributed by atoms with van der Waals surface area (Å²) in [5, 5.41) is 23.0. The van der Waals surface area contributed by atoms with Crippen molar-refractivity contribution in [3.8, 4) is 6.07 Å². The van der Waals surface area contributed by atoms with Crippen molar-refractivity contribution in [2.75, 3.05) is 5.32 Å². The zero-order valence-electron chi connectivity index (χ0n) is 12.2. The fourth-order valence-electron chi connectivity index (χ4n) is 2.15. The Morgan fingerprint density at radius 1 is 1.38 bits per heavy atom. The Bertz CT molecular complexity index is 741. The van der Waals surface area contributed by atoms with Gasteiger partial charge >= 0.3 is 0 Å². The van der Waals surface area contributed by atoms with Gasteiger partial charge in [0.15, 0.2) is 0 Å². The normalized spacial score (nSPS) is 10.2. The van der Waals surface area contributed by atoms with E-state index in [-0.39, 0.29) is 5.69 Å². The standard InChI is InChI=1S/C15H16N4O2/c1-10-4-5-13(19(20)21)7-15(10)17-9-12-6-14(8-16)18(3)11(12)2/h4-7,17H,9H2,1-3H3. The van der Waals surface area contributed by atoms with Gasteiger partial charge in [0.05, 0.1) is 4.92 Å². The molecule has 0 bridgehead atoms. The third-order valence-electron chi connectivity index (χ3n) is 3.66. The molecule has 0 unspecified atom stereocenters. The third-order valence-corrected chi connectivity index (χ3v) is 3.66. The molecule has 6 heteroatoms. The molecule has 0 fully saturated rings. The molecule has 1 N–H and O–H groups in total. The number of hydrogen-bond acceptors (Lipinski definition) is 4. The zero-order valence-corrected chi connectivity index (χ0v) is 12.2. The van der Waals surface area contributed by atoms with Gasteiger partial charge in [0, 0.05) is 37.1 Å². The molecule has 21 heavy (non-hydrogen) atoms. The van der Waals surface area contributed by atoms with Gasteiger partial charge in [-0.3, -0.25) is 10.1 Å². The molecule has 2 rings (SSSR count). The number of aryl methyl sites for hydroxylation is 1. The maximum atomic E-state index is 10.8. The highest BCUT2D eigenvalue weighted by molar-refractivity contribution is 5.57. The van der Waals surface area contributed by atoms with E-state index in [2.05, 4.69) is 11.4 Å². The predicted octanol–water partition coefficient (Wildman–Crippen LogP) is 3.03. The fourth-order valence-corrected chi connectivity index (χ4v) is 2.15. The first-order valence-corrected chi connectivity index (χ1v) is 6.48. The van der Waals surface area contributed by atoms with Crippen molar-refractivity contribution >= 4 is 11.4 Å². The van der Waals surface area contributed by atoms with Crippen LogP contribution in [0.15, 0.2) is 24.3 Å². The average Bonchev–Trinajstić information content (AvgIpc) is 2.73. The van der Waals surface area contributed by atoms with Crippen LogP contribution in [0.4, 0.5) is 11.4 Å². The van der Waals surface area contributed by atoms with Gasteiger partial charge < -0.3 is 9.88 Å². The van der Waals surface area contributed by atoms with Crippen LogP contribution in [0, 0.1) is 35.3 Å². The summed E-state index contributed by atoms with van der Waals surface area (Å²) in [6, 6.07) is 8.70. The van der Waals surface area contributed by atoms with Crippen LogP contribution in [0.25, 0.3) is 0 Å². The second kappa shape index (κ2) is 5.67. The monoisotopic (exact) mass is 284 g/mol. The molecule has 0 atom stereocenters. The van der Waals surface area contributed by atoms with E-state index in [4.69, 9.17) is 5.26 Å². The largest absolute Gasteiger partial charge is 0.380 e. The number of anilines is 1. The molecule has 0 radical (unpaired) electrons.